The van der Waals surface area contributed by atoms with E-state index in [0.29, 0.717) is 18.8 Å². The molecular formula is C20H23N7O2. The monoisotopic (exact) mass is 393 g/mol. The summed E-state index contributed by atoms with van der Waals surface area (Å²) in [7, 11) is 0. The Morgan fingerprint density at radius 3 is 2.79 bits per heavy atom. The molecule has 0 spiro atoms. The van der Waals surface area contributed by atoms with Crippen molar-refractivity contribution in [3.8, 4) is 0 Å². The molecule has 3 aromatic rings. The minimum absolute atomic E-state index is 0.0848. The van der Waals surface area contributed by atoms with Crippen LogP contribution >= 0.6 is 0 Å². The zero-order chi connectivity index (χ0) is 19.8. The molecular weight excluding hydrogens is 370 g/mol. The third-order valence-corrected chi connectivity index (χ3v) is 5.55. The highest BCUT2D eigenvalue weighted by Crippen LogP contribution is 2.27. The summed E-state index contributed by atoms with van der Waals surface area (Å²) in [5.41, 5.74) is 3.13. The number of fused-ring (bicyclic) bond motifs is 1. The summed E-state index contributed by atoms with van der Waals surface area (Å²) in [5.74, 6) is 0.830. The first kappa shape index (κ1) is 18.0. The molecule has 0 bridgehead atoms. The van der Waals surface area contributed by atoms with Gasteiger partial charge in [0.15, 0.2) is 11.5 Å². The molecule has 0 radical (unpaired) electrons. The number of pyridine rings is 1. The van der Waals surface area contributed by atoms with Crippen molar-refractivity contribution in [3.63, 3.8) is 0 Å². The number of morpholine rings is 1. The first-order chi connectivity index (χ1) is 14.2. The molecule has 2 aliphatic rings. The van der Waals surface area contributed by atoms with Crippen LogP contribution in [0, 0.1) is 6.92 Å². The zero-order valence-electron chi connectivity index (χ0n) is 16.4. The second-order valence-corrected chi connectivity index (χ2v) is 7.54. The molecule has 150 valence electrons. The van der Waals surface area contributed by atoms with Gasteiger partial charge >= 0.3 is 0 Å². The quantitative estimate of drug-likeness (QED) is 0.662. The Kier molecular flexibility index (Phi) is 4.59. The molecule has 0 aliphatic carbocycles. The van der Waals surface area contributed by atoms with Crippen molar-refractivity contribution in [3.05, 3.63) is 47.9 Å². The van der Waals surface area contributed by atoms with E-state index in [-0.39, 0.29) is 11.8 Å². The molecule has 2 saturated heterocycles. The fourth-order valence-electron chi connectivity index (χ4n) is 3.89. The number of amides is 1. The van der Waals surface area contributed by atoms with Gasteiger partial charge in [-0.3, -0.25) is 9.78 Å². The van der Waals surface area contributed by atoms with E-state index in [1.54, 1.807) is 12.4 Å². The number of anilines is 1. The summed E-state index contributed by atoms with van der Waals surface area (Å²) in [4.78, 5) is 29.9. The summed E-state index contributed by atoms with van der Waals surface area (Å²) >= 11 is 0. The lowest BCUT2D eigenvalue weighted by Crippen LogP contribution is -2.36. The number of carbonyl (C=O) groups is 1. The molecule has 9 heteroatoms. The van der Waals surface area contributed by atoms with Gasteiger partial charge in [-0.25, -0.2) is 14.5 Å². The van der Waals surface area contributed by atoms with Crippen molar-refractivity contribution in [2.24, 2.45) is 0 Å². The minimum Gasteiger partial charge on any atom is -0.378 e. The summed E-state index contributed by atoms with van der Waals surface area (Å²) in [6.45, 7) is 6.39. The Bertz CT molecular complexity index is 1030. The predicted molar refractivity (Wildman–Crippen MR) is 106 cm³/mol. The number of hydrogen-bond acceptors (Lipinski definition) is 7. The number of carbonyl (C=O) groups excluding carboxylic acids is 1. The molecule has 5 rings (SSSR count). The van der Waals surface area contributed by atoms with Crippen molar-refractivity contribution >= 4 is 17.2 Å². The number of rotatable bonds is 3. The Morgan fingerprint density at radius 1 is 1.14 bits per heavy atom. The van der Waals surface area contributed by atoms with Crippen LogP contribution in [0.1, 0.15) is 34.3 Å². The average Bonchev–Trinajstić information content (AvgIpc) is 3.41. The maximum Gasteiger partial charge on any atom is 0.274 e. The van der Waals surface area contributed by atoms with Gasteiger partial charge in [-0.05, 0) is 25.5 Å². The van der Waals surface area contributed by atoms with Gasteiger partial charge in [0.05, 0.1) is 37.0 Å². The SMILES string of the molecule is Cc1cnc(C(=O)N2CC[C@@H](c3nc4ccc(N5CCOCC5)cn4n3)C2)cn1. The van der Waals surface area contributed by atoms with Crippen molar-refractivity contribution in [2.45, 2.75) is 19.3 Å². The number of likely N-dealkylation sites (tertiary alicyclic amines) is 1. The predicted octanol–water partition coefficient (Wildman–Crippen LogP) is 1.29. The van der Waals surface area contributed by atoms with Crippen molar-refractivity contribution in [1.29, 1.82) is 0 Å². The van der Waals surface area contributed by atoms with Crippen molar-refractivity contribution in [1.82, 2.24) is 29.5 Å². The van der Waals surface area contributed by atoms with Gasteiger partial charge in [0, 0.05) is 38.3 Å². The van der Waals surface area contributed by atoms with Crippen molar-refractivity contribution in [2.75, 3.05) is 44.3 Å². The van der Waals surface area contributed by atoms with Crippen LogP contribution < -0.4 is 4.90 Å². The molecule has 1 atom stereocenters. The van der Waals surface area contributed by atoms with E-state index < -0.39 is 0 Å². The summed E-state index contributed by atoms with van der Waals surface area (Å²) < 4.78 is 7.27. The van der Waals surface area contributed by atoms with Gasteiger partial charge in [0.25, 0.3) is 5.91 Å². The first-order valence-electron chi connectivity index (χ1n) is 9.94. The van der Waals surface area contributed by atoms with Gasteiger partial charge < -0.3 is 14.5 Å². The normalized spacial score (nSPS) is 19.8. The summed E-state index contributed by atoms with van der Waals surface area (Å²) in [6, 6.07) is 4.08. The number of hydrogen-bond donors (Lipinski definition) is 0. The molecule has 5 heterocycles. The Hall–Kier alpha value is -3.07. The number of aryl methyl sites for hydroxylation is 1. The second kappa shape index (κ2) is 7.40. The third-order valence-electron chi connectivity index (χ3n) is 5.55. The molecule has 2 aliphatic heterocycles. The zero-order valence-corrected chi connectivity index (χ0v) is 16.4. The first-order valence-corrected chi connectivity index (χ1v) is 9.94. The molecule has 3 aromatic heterocycles. The number of aromatic nitrogens is 5. The molecule has 0 aromatic carbocycles. The van der Waals surface area contributed by atoms with Crippen LogP contribution in [0.15, 0.2) is 30.7 Å². The van der Waals surface area contributed by atoms with Gasteiger partial charge in [0.2, 0.25) is 0 Å². The van der Waals surface area contributed by atoms with Gasteiger partial charge in [0.1, 0.15) is 5.69 Å². The van der Waals surface area contributed by atoms with E-state index in [0.717, 1.165) is 55.6 Å². The van der Waals surface area contributed by atoms with E-state index >= 15 is 0 Å². The van der Waals surface area contributed by atoms with E-state index in [2.05, 4.69) is 20.9 Å². The van der Waals surface area contributed by atoms with Crippen LogP contribution in [-0.4, -0.2) is 74.8 Å². The minimum atomic E-state index is -0.0848. The van der Waals surface area contributed by atoms with Crippen LogP contribution in [-0.2, 0) is 4.74 Å². The highest BCUT2D eigenvalue weighted by molar-refractivity contribution is 5.92. The van der Waals surface area contributed by atoms with Gasteiger partial charge in [-0.2, -0.15) is 5.10 Å². The second-order valence-electron chi connectivity index (χ2n) is 7.54. The fourth-order valence-corrected chi connectivity index (χ4v) is 3.89. The maximum absolute atomic E-state index is 12.7. The largest absolute Gasteiger partial charge is 0.378 e. The van der Waals surface area contributed by atoms with E-state index in [4.69, 9.17) is 14.8 Å². The highest BCUT2D eigenvalue weighted by atomic mass is 16.5. The fraction of sp³-hybridized carbons (Fsp3) is 0.450. The van der Waals surface area contributed by atoms with E-state index in [1.165, 1.54) is 0 Å². The van der Waals surface area contributed by atoms with Crippen LogP contribution in [0.3, 0.4) is 0 Å². The Morgan fingerprint density at radius 2 is 2.00 bits per heavy atom. The van der Waals surface area contributed by atoms with Gasteiger partial charge in [-0.15, -0.1) is 0 Å². The Balaban J connectivity index is 1.32. The smallest absolute Gasteiger partial charge is 0.274 e. The molecule has 0 saturated carbocycles. The van der Waals surface area contributed by atoms with E-state index in [9.17, 15) is 4.79 Å². The van der Waals surface area contributed by atoms with Crippen LogP contribution in [0.25, 0.3) is 5.65 Å². The van der Waals surface area contributed by atoms with E-state index in [1.807, 2.05) is 28.6 Å². The number of ether oxygens (including phenoxy) is 1. The molecule has 0 N–H and O–H groups in total. The molecule has 2 fully saturated rings. The lowest BCUT2D eigenvalue weighted by molar-refractivity contribution is 0.0784. The average molecular weight is 393 g/mol. The summed E-state index contributed by atoms with van der Waals surface area (Å²) in [5, 5.41) is 4.71. The van der Waals surface area contributed by atoms with Crippen LogP contribution in [0.4, 0.5) is 5.69 Å². The highest BCUT2D eigenvalue weighted by Gasteiger charge is 2.31. The maximum atomic E-state index is 12.7. The Labute approximate surface area is 168 Å². The topological polar surface area (TPSA) is 88.8 Å². The molecule has 0 unspecified atom stereocenters. The van der Waals surface area contributed by atoms with Gasteiger partial charge in [-0.1, -0.05) is 0 Å². The lowest BCUT2D eigenvalue weighted by atomic mass is 10.1. The number of nitrogens with zero attached hydrogens (tertiary/aromatic N) is 7. The van der Waals surface area contributed by atoms with Crippen LogP contribution in [0.5, 0.6) is 0 Å². The molecule has 1 amide bonds. The summed E-state index contributed by atoms with van der Waals surface area (Å²) in [6.07, 6.45) is 6.03. The molecule has 9 nitrogen and oxygen atoms in total. The van der Waals surface area contributed by atoms with Crippen LogP contribution in [0.2, 0.25) is 0 Å². The van der Waals surface area contributed by atoms with Crippen molar-refractivity contribution < 1.29 is 9.53 Å². The lowest BCUT2D eigenvalue weighted by Gasteiger charge is -2.28. The molecule has 29 heavy (non-hydrogen) atoms. The third kappa shape index (κ3) is 3.53. The standard InChI is InChI=1S/C20H23N7O2/c1-14-10-22-17(11-21-14)20(28)26-5-4-15(12-26)19-23-18-3-2-16(13-27(18)24-19)25-6-8-29-9-7-25/h2-3,10-11,13,15H,4-9,12H2,1H3/t15-/m1/s1.